The third kappa shape index (κ3) is 12.6. The van der Waals surface area contributed by atoms with Gasteiger partial charge in [0, 0.05) is 69.3 Å². The molecule has 0 fully saturated rings. The van der Waals surface area contributed by atoms with Crippen molar-refractivity contribution in [3.05, 3.63) is 96.2 Å². The molecule has 3 aromatic heterocycles. The second-order valence-corrected chi connectivity index (χ2v) is 11.5. The van der Waals surface area contributed by atoms with Crippen LogP contribution < -0.4 is 4.90 Å². The minimum atomic E-state index is -1.21. The Kier molecular flexibility index (Phi) is 13.5. The van der Waals surface area contributed by atoms with Crippen LogP contribution in [-0.4, -0.2) is 126 Å². The number of benzene rings is 1. The Morgan fingerprint density at radius 3 is 1.61 bits per heavy atom. The van der Waals surface area contributed by atoms with Crippen LogP contribution >= 0.6 is 0 Å². The Balaban J connectivity index is 1.48. The zero-order chi connectivity index (χ0) is 35.2. The van der Waals surface area contributed by atoms with E-state index in [-0.39, 0.29) is 32.7 Å². The lowest BCUT2D eigenvalue weighted by molar-refractivity contribution is -0.143. The van der Waals surface area contributed by atoms with E-state index in [4.69, 9.17) is 15.2 Å². The van der Waals surface area contributed by atoms with Gasteiger partial charge in [-0.25, -0.2) is 0 Å². The summed E-state index contributed by atoms with van der Waals surface area (Å²) in [5.74, 6) is -4.61. The molecular formula is C34H39N7O8. The molecule has 0 aliphatic heterocycles. The van der Waals surface area contributed by atoms with Crippen molar-refractivity contribution >= 4 is 40.5 Å². The fourth-order valence-electron chi connectivity index (χ4n) is 5.34. The van der Waals surface area contributed by atoms with Crippen LogP contribution in [0.15, 0.2) is 79.1 Å². The van der Waals surface area contributed by atoms with Crippen LogP contribution in [0.2, 0.25) is 0 Å². The molecule has 1 aromatic carbocycles. The lowest BCUT2D eigenvalue weighted by Gasteiger charge is -2.29. The number of carboxylic acid groups (broad SMARTS) is 4. The summed E-state index contributed by atoms with van der Waals surface area (Å²) < 4.78 is 0. The normalized spacial score (nSPS) is 11.3. The van der Waals surface area contributed by atoms with Gasteiger partial charge in [-0.15, -0.1) is 0 Å². The van der Waals surface area contributed by atoms with Crippen molar-refractivity contribution in [2.75, 3.05) is 57.3 Å². The molecule has 0 unspecified atom stereocenters. The predicted octanol–water partition coefficient (Wildman–Crippen LogP) is 1.98. The molecule has 0 radical (unpaired) electrons. The second kappa shape index (κ2) is 18.1. The summed E-state index contributed by atoms with van der Waals surface area (Å²) in [5, 5.41) is 38.1. The fraction of sp³-hybridized carbons (Fsp3) is 0.324. The van der Waals surface area contributed by atoms with Crippen molar-refractivity contribution in [1.29, 1.82) is 0 Å². The van der Waals surface area contributed by atoms with Crippen molar-refractivity contribution in [3.8, 4) is 0 Å². The molecule has 0 aliphatic carbocycles. The SMILES string of the molecule is O=C(O)CN(CCN(CC(=O)O)CC(=O)O)CCN(CC(=O)O)c1ccc2nc(CN(Cc3ccccn3)Cc3ccccn3)ccc2c1. The summed E-state index contributed by atoms with van der Waals surface area (Å²) in [7, 11) is 0. The lowest BCUT2D eigenvalue weighted by atomic mass is 10.1. The van der Waals surface area contributed by atoms with Crippen molar-refractivity contribution in [1.82, 2.24) is 29.7 Å². The van der Waals surface area contributed by atoms with E-state index in [1.165, 1.54) is 9.80 Å². The van der Waals surface area contributed by atoms with E-state index < -0.39 is 43.5 Å². The van der Waals surface area contributed by atoms with Gasteiger partial charge in [-0.05, 0) is 48.5 Å². The quantitative estimate of drug-likeness (QED) is 0.1000. The zero-order valence-electron chi connectivity index (χ0n) is 26.8. The number of nitrogens with zero attached hydrogens (tertiary/aromatic N) is 7. The maximum Gasteiger partial charge on any atom is 0.323 e. The smallest absolute Gasteiger partial charge is 0.323 e. The minimum absolute atomic E-state index is 0.00403. The number of hydrogen-bond donors (Lipinski definition) is 4. The molecular weight excluding hydrogens is 634 g/mol. The van der Waals surface area contributed by atoms with E-state index in [1.807, 2.05) is 60.7 Å². The summed E-state index contributed by atoms with van der Waals surface area (Å²) in [4.78, 5) is 66.0. The molecule has 0 saturated heterocycles. The topological polar surface area (TPSA) is 201 Å². The van der Waals surface area contributed by atoms with Crippen LogP contribution in [-0.2, 0) is 38.8 Å². The zero-order valence-corrected chi connectivity index (χ0v) is 26.8. The number of aromatic nitrogens is 3. The van der Waals surface area contributed by atoms with Crippen LogP contribution in [0.5, 0.6) is 0 Å². The lowest BCUT2D eigenvalue weighted by Crippen LogP contribution is -2.44. The predicted molar refractivity (Wildman–Crippen MR) is 179 cm³/mol. The van der Waals surface area contributed by atoms with Gasteiger partial charge in [0.1, 0.15) is 6.54 Å². The molecule has 0 amide bonds. The molecule has 49 heavy (non-hydrogen) atoms. The molecule has 0 atom stereocenters. The number of carboxylic acids is 4. The molecule has 0 aliphatic rings. The Morgan fingerprint density at radius 1 is 0.531 bits per heavy atom. The van der Waals surface area contributed by atoms with Crippen LogP contribution in [0, 0.1) is 0 Å². The molecule has 15 nitrogen and oxygen atoms in total. The van der Waals surface area contributed by atoms with Gasteiger partial charge in [0.05, 0.1) is 42.2 Å². The van der Waals surface area contributed by atoms with Gasteiger partial charge in [-0.1, -0.05) is 18.2 Å². The molecule has 0 spiro atoms. The number of anilines is 1. The highest BCUT2D eigenvalue weighted by atomic mass is 16.4. The first kappa shape index (κ1) is 36.3. The van der Waals surface area contributed by atoms with Gasteiger partial charge in [0.25, 0.3) is 0 Å². The Hall–Kier alpha value is -5.51. The van der Waals surface area contributed by atoms with E-state index in [1.54, 1.807) is 23.4 Å². The van der Waals surface area contributed by atoms with Gasteiger partial charge in [-0.3, -0.25) is 48.8 Å². The monoisotopic (exact) mass is 673 g/mol. The maximum atomic E-state index is 11.8. The number of aliphatic carboxylic acids is 4. The molecule has 0 saturated carbocycles. The standard InChI is InChI=1S/C34H39N7O8/c42-31(43)21-38(13-14-39(22-32(44)45)23-33(46)47)15-16-41(24-34(48)49)29-9-10-30-25(17-29)7-8-28(37-30)20-40(18-26-5-1-3-11-35-26)19-27-6-2-4-12-36-27/h1-12,17H,13-16,18-24H2,(H,42,43)(H,44,45)(H,46,47)(H,48,49). The third-order valence-corrected chi connectivity index (χ3v) is 7.53. The highest BCUT2D eigenvalue weighted by Gasteiger charge is 2.19. The van der Waals surface area contributed by atoms with Crippen molar-refractivity contribution in [3.63, 3.8) is 0 Å². The number of pyridine rings is 3. The van der Waals surface area contributed by atoms with Crippen LogP contribution in [0.3, 0.4) is 0 Å². The van der Waals surface area contributed by atoms with E-state index in [0.29, 0.717) is 25.3 Å². The van der Waals surface area contributed by atoms with E-state index >= 15 is 0 Å². The highest BCUT2D eigenvalue weighted by Crippen LogP contribution is 2.23. The number of carbonyl (C=O) groups is 4. The first-order valence-electron chi connectivity index (χ1n) is 15.5. The Bertz CT molecular complexity index is 1650. The Labute approximate surface area is 282 Å². The van der Waals surface area contributed by atoms with Crippen molar-refractivity contribution in [2.24, 2.45) is 0 Å². The first-order chi connectivity index (χ1) is 23.5. The highest BCUT2D eigenvalue weighted by molar-refractivity contribution is 5.84. The van der Waals surface area contributed by atoms with Gasteiger partial charge in [-0.2, -0.15) is 0 Å². The summed E-state index contributed by atoms with van der Waals surface area (Å²) in [6.07, 6.45) is 3.52. The number of rotatable bonds is 21. The second-order valence-electron chi connectivity index (χ2n) is 11.5. The average molecular weight is 674 g/mol. The summed E-state index contributed by atoms with van der Waals surface area (Å²) in [6.45, 7) is 0.282. The summed E-state index contributed by atoms with van der Waals surface area (Å²) >= 11 is 0. The molecule has 4 aromatic rings. The van der Waals surface area contributed by atoms with Gasteiger partial charge < -0.3 is 25.3 Å². The minimum Gasteiger partial charge on any atom is -0.480 e. The van der Waals surface area contributed by atoms with Crippen molar-refractivity contribution in [2.45, 2.75) is 19.6 Å². The van der Waals surface area contributed by atoms with E-state index in [0.717, 1.165) is 28.0 Å². The number of hydrogen-bond acceptors (Lipinski definition) is 11. The van der Waals surface area contributed by atoms with Gasteiger partial charge in [0.2, 0.25) is 0 Å². The molecule has 4 rings (SSSR count). The summed E-state index contributed by atoms with van der Waals surface area (Å²) in [5.41, 5.74) is 3.99. The molecule has 3 heterocycles. The van der Waals surface area contributed by atoms with Gasteiger partial charge in [0.15, 0.2) is 0 Å². The van der Waals surface area contributed by atoms with Crippen molar-refractivity contribution < 1.29 is 39.6 Å². The van der Waals surface area contributed by atoms with Gasteiger partial charge >= 0.3 is 23.9 Å². The summed E-state index contributed by atoms with van der Waals surface area (Å²) in [6, 6.07) is 20.8. The van der Waals surface area contributed by atoms with Crippen LogP contribution in [0.1, 0.15) is 17.1 Å². The van der Waals surface area contributed by atoms with E-state index in [2.05, 4.69) is 14.9 Å². The average Bonchev–Trinajstić information content (AvgIpc) is 3.05. The third-order valence-electron chi connectivity index (χ3n) is 7.53. The Morgan fingerprint density at radius 2 is 1.06 bits per heavy atom. The largest absolute Gasteiger partial charge is 0.480 e. The molecule has 15 heteroatoms. The number of fused-ring (bicyclic) bond motifs is 1. The molecule has 4 N–H and O–H groups in total. The maximum absolute atomic E-state index is 11.8. The first-order valence-corrected chi connectivity index (χ1v) is 15.5. The van der Waals surface area contributed by atoms with Crippen LogP contribution in [0.4, 0.5) is 5.69 Å². The fourth-order valence-corrected chi connectivity index (χ4v) is 5.34. The molecule has 0 bridgehead atoms. The molecule has 258 valence electrons. The van der Waals surface area contributed by atoms with E-state index in [9.17, 15) is 29.4 Å². The van der Waals surface area contributed by atoms with Crippen LogP contribution in [0.25, 0.3) is 10.9 Å².